The Morgan fingerprint density at radius 2 is 0.857 bits per heavy atom. The van der Waals surface area contributed by atoms with Crippen molar-refractivity contribution in [3.63, 3.8) is 0 Å². The quantitative estimate of drug-likeness (QED) is 0.176. The normalized spacial score (nSPS) is 19.3. The van der Waals surface area contributed by atoms with Crippen LogP contribution in [-0.4, -0.2) is 5.60 Å². The van der Waals surface area contributed by atoms with E-state index in [4.69, 9.17) is 9.47 Å². The van der Waals surface area contributed by atoms with Crippen molar-refractivity contribution in [2.75, 3.05) is 4.90 Å². The van der Waals surface area contributed by atoms with Gasteiger partial charge in [0.2, 0.25) is 0 Å². The molecule has 0 aromatic heterocycles. The van der Waals surface area contributed by atoms with Crippen LogP contribution in [0.15, 0.2) is 212 Å². The van der Waals surface area contributed by atoms with Gasteiger partial charge in [0.1, 0.15) is 17.2 Å². The molecule has 0 bridgehead atoms. The average Bonchev–Trinajstić information content (AvgIpc) is 3.10. The van der Waals surface area contributed by atoms with Gasteiger partial charge in [0.25, 0.3) is 0 Å². The predicted octanol–water partition coefficient (Wildman–Crippen LogP) is 18.7. The number of rotatable bonds is 3. The van der Waals surface area contributed by atoms with E-state index in [1.165, 1.54) is 83.5 Å². The van der Waals surface area contributed by atoms with Crippen molar-refractivity contribution in [3.05, 3.63) is 274 Å². The van der Waals surface area contributed by atoms with Gasteiger partial charge in [-0.25, -0.2) is 0 Å². The van der Waals surface area contributed by atoms with Gasteiger partial charge in [0.05, 0.1) is 10.8 Å². The number of allylic oxidation sites excluding steroid dienone is 2. The molecule has 0 amide bonds. The minimum atomic E-state index is -0.768. The van der Waals surface area contributed by atoms with Crippen LogP contribution in [0.4, 0.5) is 17.1 Å². The van der Waals surface area contributed by atoms with Crippen molar-refractivity contribution in [1.82, 2.24) is 0 Å². The molecule has 77 heavy (non-hydrogen) atoms. The number of benzene rings is 9. The Bertz CT molecular complexity index is 3980. The van der Waals surface area contributed by atoms with Crippen LogP contribution in [0.25, 0.3) is 33.4 Å². The molecule has 0 N–H and O–H groups in total. The highest BCUT2D eigenvalue weighted by Gasteiger charge is 2.67. The molecule has 9 aromatic rings. The van der Waals surface area contributed by atoms with Crippen LogP contribution in [0.3, 0.4) is 0 Å². The van der Waals surface area contributed by atoms with Gasteiger partial charge in [0.15, 0.2) is 5.60 Å². The van der Waals surface area contributed by atoms with Crippen molar-refractivity contribution >= 4 is 17.1 Å². The zero-order chi connectivity index (χ0) is 52.6. The minimum Gasteiger partial charge on any atom is -0.481 e. The Hall–Kier alpha value is -8.14. The number of para-hydroxylation sites is 1. The predicted molar refractivity (Wildman–Crippen MR) is 316 cm³/mol. The summed E-state index contributed by atoms with van der Waals surface area (Å²) in [4.78, 5) is 2.52. The average molecular weight is 998 g/mol. The van der Waals surface area contributed by atoms with E-state index in [1.807, 2.05) is 0 Å². The standard InChI is InChI=1S/C74H63NO2/c1-45-20-18-19-39-72(45)74(62-40-46(69(2,3)4)29-34-55(62)56-35-30-47(41-63(56)74)70(5,6)7)65-44-50(33-38-68(65)77-72)75(48-31-36-54-51-21-10-13-24-57(51)71(8,9)61(54)42-48)49-32-37-67-64(43-49)73(60-27-16-17-28-66(60)76-67)58-25-14-11-22-52(58)53-23-12-15-26-59(53)73/h10-45H,1-9H3. The maximum absolute atomic E-state index is 7.78. The van der Waals surface area contributed by atoms with Gasteiger partial charge in [-0.3, -0.25) is 0 Å². The molecule has 2 unspecified atom stereocenters. The number of ether oxygens (including phenoxy) is 2. The summed E-state index contributed by atoms with van der Waals surface area (Å²) in [6.07, 6.45) is 9.18. The van der Waals surface area contributed by atoms with Crippen molar-refractivity contribution in [1.29, 1.82) is 0 Å². The van der Waals surface area contributed by atoms with Crippen LogP contribution in [0.5, 0.6) is 17.2 Å². The molecule has 3 nitrogen and oxygen atoms in total. The van der Waals surface area contributed by atoms with Crippen LogP contribution in [0, 0.1) is 5.92 Å². The molecule has 2 aliphatic heterocycles. The van der Waals surface area contributed by atoms with Crippen LogP contribution in [0.1, 0.15) is 124 Å². The first kappa shape index (κ1) is 46.2. The first-order valence-electron chi connectivity index (χ1n) is 27.7. The summed E-state index contributed by atoms with van der Waals surface area (Å²) in [6.45, 7) is 21.1. The van der Waals surface area contributed by atoms with E-state index in [0.29, 0.717) is 0 Å². The van der Waals surface area contributed by atoms with E-state index >= 15 is 0 Å². The molecule has 0 fully saturated rings. The summed E-state index contributed by atoms with van der Waals surface area (Å²) < 4.78 is 14.8. The van der Waals surface area contributed by atoms with Gasteiger partial charge < -0.3 is 14.4 Å². The lowest BCUT2D eigenvalue weighted by atomic mass is 9.57. The molecular formula is C74H63NO2. The second-order valence-corrected chi connectivity index (χ2v) is 25.2. The Morgan fingerprint density at radius 3 is 1.45 bits per heavy atom. The number of anilines is 3. The third-order valence-corrected chi connectivity index (χ3v) is 18.8. The third-order valence-electron chi connectivity index (χ3n) is 18.8. The van der Waals surface area contributed by atoms with E-state index in [2.05, 4.69) is 280 Å². The van der Waals surface area contributed by atoms with Gasteiger partial charge in [-0.2, -0.15) is 0 Å². The fraction of sp³-hybridized carbons (Fsp3) is 0.216. The van der Waals surface area contributed by atoms with Crippen molar-refractivity contribution < 1.29 is 9.47 Å². The van der Waals surface area contributed by atoms with Gasteiger partial charge in [-0.1, -0.05) is 214 Å². The molecule has 15 rings (SSSR count). The highest BCUT2D eigenvalue weighted by molar-refractivity contribution is 5.93. The maximum atomic E-state index is 7.78. The summed E-state index contributed by atoms with van der Waals surface area (Å²) in [5, 5.41) is 0. The van der Waals surface area contributed by atoms with Crippen LogP contribution < -0.4 is 14.4 Å². The topological polar surface area (TPSA) is 21.7 Å². The molecule has 376 valence electrons. The zero-order valence-electron chi connectivity index (χ0n) is 45.5. The molecule has 0 radical (unpaired) electrons. The number of hydrogen-bond acceptors (Lipinski definition) is 3. The molecule has 4 aliphatic carbocycles. The number of nitrogens with zero attached hydrogens (tertiary/aromatic N) is 1. The van der Waals surface area contributed by atoms with E-state index in [-0.39, 0.29) is 22.2 Å². The fourth-order valence-electron chi connectivity index (χ4n) is 15.1. The van der Waals surface area contributed by atoms with Crippen LogP contribution in [0.2, 0.25) is 0 Å². The lowest BCUT2D eigenvalue weighted by Gasteiger charge is -2.46. The SMILES string of the molecule is CC1C=CC=CC12Oc1ccc(N(c3ccc4c(c3)C(C)(C)c3ccccc3-4)c3ccc4c(c3)C3(c5ccccc5O4)c4ccccc4-c4ccccc43)cc1C21c2cc(C(C)(C)C)ccc2-c2ccc(C(C)(C)C)cc21. The van der Waals surface area contributed by atoms with E-state index in [0.717, 1.165) is 45.4 Å². The Balaban J connectivity index is 1.03. The fourth-order valence-corrected chi connectivity index (χ4v) is 15.1. The smallest absolute Gasteiger partial charge is 0.151 e. The summed E-state index contributed by atoms with van der Waals surface area (Å²) >= 11 is 0. The summed E-state index contributed by atoms with van der Waals surface area (Å²) in [5.41, 5.74) is 22.3. The van der Waals surface area contributed by atoms with Crippen LogP contribution >= 0.6 is 0 Å². The van der Waals surface area contributed by atoms with Crippen LogP contribution in [-0.2, 0) is 27.1 Å². The Morgan fingerprint density at radius 1 is 0.403 bits per heavy atom. The van der Waals surface area contributed by atoms with Gasteiger partial charge in [-0.15, -0.1) is 0 Å². The largest absolute Gasteiger partial charge is 0.481 e. The van der Waals surface area contributed by atoms with Gasteiger partial charge in [0, 0.05) is 45.1 Å². The lowest BCUT2D eigenvalue weighted by Crippen LogP contribution is -2.55. The lowest BCUT2D eigenvalue weighted by molar-refractivity contribution is 0.0638. The molecule has 2 atom stereocenters. The summed E-state index contributed by atoms with van der Waals surface area (Å²) in [6, 6.07) is 71.5. The first-order chi connectivity index (χ1) is 37.1. The molecule has 3 spiro atoms. The molecule has 9 aromatic carbocycles. The molecular weight excluding hydrogens is 935 g/mol. The van der Waals surface area contributed by atoms with Crippen molar-refractivity contribution in [2.24, 2.45) is 5.92 Å². The second kappa shape index (κ2) is 15.5. The Labute approximate surface area is 454 Å². The van der Waals surface area contributed by atoms with E-state index in [1.54, 1.807) is 0 Å². The number of hydrogen-bond donors (Lipinski definition) is 0. The molecule has 6 aliphatic rings. The highest BCUT2D eigenvalue weighted by atomic mass is 16.5. The zero-order valence-corrected chi connectivity index (χ0v) is 45.5. The monoisotopic (exact) mass is 997 g/mol. The van der Waals surface area contributed by atoms with Crippen molar-refractivity contribution in [2.45, 2.75) is 95.0 Å². The van der Waals surface area contributed by atoms with E-state index < -0.39 is 16.4 Å². The highest BCUT2D eigenvalue weighted by Crippen LogP contribution is 2.68. The Kier molecular flexibility index (Phi) is 9.30. The maximum Gasteiger partial charge on any atom is 0.151 e. The van der Waals surface area contributed by atoms with Gasteiger partial charge in [-0.05, 0) is 149 Å². The van der Waals surface area contributed by atoms with Crippen molar-refractivity contribution in [3.8, 4) is 50.6 Å². The third kappa shape index (κ3) is 5.93. The minimum absolute atomic E-state index is 0.0345. The van der Waals surface area contributed by atoms with Gasteiger partial charge >= 0.3 is 0 Å². The molecule has 0 saturated carbocycles. The molecule has 0 saturated heterocycles. The second-order valence-electron chi connectivity index (χ2n) is 25.2. The summed E-state index contributed by atoms with van der Waals surface area (Å²) in [7, 11) is 0. The van der Waals surface area contributed by atoms with E-state index in [9.17, 15) is 0 Å². The first-order valence-corrected chi connectivity index (χ1v) is 27.7. The molecule has 2 heterocycles. The molecule has 3 heteroatoms. The summed E-state index contributed by atoms with van der Waals surface area (Å²) in [5.74, 6) is 2.70. The number of fused-ring (bicyclic) bond motifs is 20.